The van der Waals surface area contributed by atoms with E-state index in [1.54, 1.807) is 18.9 Å². The average molecular weight is 449 g/mol. The van der Waals surface area contributed by atoms with Crippen molar-refractivity contribution in [3.05, 3.63) is 23.8 Å². The van der Waals surface area contributed by atoms with Gasteiger partial charge in [-0.05, 0) is 55.9 Å². The van der Waals surface area contributed by atoms with Crippen LogP contribution in [0, 0.1) is 11.8 Å². The van der Waals surface area contributed by atoms with Crippen molar-refractivity contribution >= 4 is 29.5 Å². The van der Waals surface area contributed by atoms with E-state index in [0.717, 1.165) is 31.2 Å². The average Bonchev–Trinajstić information content (AvgIpc) is 3.04. The first-order valence-corrected chi connectivity index (χ1v) is 12.3. The highest BCUT2D eigenvalue weighted by Gasteiger charge is 2.51. The summed E-state index contributed by atoms with van der Waals surface area (Å²) < 4.78 is 10.9. The Balaban J connectivity index is 1.72. The van der Waals surface area contributed by atoms with E-state index in [0.29, 0.717) is 30.3 Å². The van der Waals surface area contributed by atoms with Gasteiger partial charge in [0.1, 0.15) is 6.04 Å². The molecule has 0 spiro atoms. The molecule has 8 heteroatoms. The second-order valence-electron chi connectivity index (χ2n) is 7.98. The molecule has 3 unspecified atom stereocenters. The summed E-state index contributed by atoms with van der Waals surface area (Å²) in [5.74, 6) is 0.818. The molecule has 0 radical (unpaired) electrons. The van der Waals surface area contributed by atoms with Crippen LogP contribution in [-0.4, -0.2) is 54.4 Å². The Morgan fingerprint density at radius 2 is 1.87 bits per heavy atom. The lowest BCUT2D eigenvalue weighted by Crippen LogP contribution is -2.50. The van der Waals surface area contributed by atoms with E-state index in [-0.39, 0.29) is 36.1 Å². The Morgan fingerprint density at radius 1 is 1.19 bits per heavy atom. The Bertz CT molecular complexity index is 791. The van der Waals surface area contributed by atoms with Crippen LogP contribution < -0.4 is 14.8 Å². The highest BCUT2D eigenvalue weighted by molar-refractivity contribution is 7.98. The predicted octanol–water partition coefficient (Wildman–Crippen LogP) is 3.01. The number of hydrogen-bond donors (Lipinski definition) is 1. The first-order chi connectivity index (χ1) is 15.0. The van der Waals surface area contributed by atoms with E-state index < -0.39 is 6.04 Å². The van der Waals surface area contributed by atoms with Gasteiger partial charge in [-0.3, -0.25) is 19.3 Å². The molecule has 2 aliphatic rings. The minimum absolute atomic E-state index is 0.168. The standard InChI is InChI=1S/C23H32N2O5S/c1-4-30-19-10-9-15(13-20(19)29-2)14-24-21(26)18(11-12-31-3)25-22(27)16-7-5-6-8-17(16)23(25)28/h9-10,13,16-18H,4-8,11-12,14H2,1-3H3,(H,24,26). The largest absolute Gasteiger partial charge is 0.493 e. The lowest BCUT2D eigenvalue weighted by molar-refractivity contribution is -0.148. The Hall–Kier alpha value is -2.22. The fraction of sp³-hybridized carbons (Fsp3) is 0.609. The molecule has 0 bridgehead atoms. The molecule has 1 aliphatic carbocycles. The fourth-order valence-corrected chi connectivity index (χ4v) is 4.96. The number of imide groups is 1. The molecule has 3 atom stereocenters. The number of hydrogen-bond acceptors (Lipinski definition) is 6. The number of carbonyl (C=O) groups is 3. The summed E-state index contributed by atoms with van der Waals surface area (Å²) in [5, 5.41) is 2.92. The molecule has 1 N–H and O–H groups in total. The summed E-state index contributed by atoms with van der Waals surface area (Å²) in [5.41, 5.74) is 0.852. The Morgan fingerprint density at radius 3 is 2.45 bits per heavy atom. The summed E-state index contributed by atoms with van der Waals surface area (Å²) in [4.78, 5) is 40.4. The third-order valence-corrected chi connectivity index (χ3v) is 6.72. The SMILES string of the molecule is CCOc1ccc(CNC(=O)C(CCSC)N2C(=O)C3CCCCC3C2=O)cc1OC. The maximum absolute atomic E-state index is 13.1. The van der Waals surface area contributed by atoms with Gasteiger partial charge in [0.2, 0.25) is 17.7 Å². The van der Waals surface area contributed by atoms with Gasteiger partial charge in [0, 0.05) is 6.54 Å². The van der Waals surface area contributed by atoms with Crippen LogP contribution in [0.3, 0.4) is 0 Å². The lowest BCUT2D eigenvalue weighted by atomic mass is 9.81. The van der Waals surface area contributed by atoms with E-state index in [1.165, 1.54) is 4.90 Å². The Labute approximate surface area is 188 Å². The van der Waals surface area contributed by atoms with Gasteiger partial charge in [0.15, 0.2) is 11.5 Å². The maximum atomic E-state index is 13.1. The number of fused-ring (bicyclic) bond motifs is 1. The molecule has 31 heavy (non-hydrogen) atoms. The quantitative estimate of drug-likeness (QED) is 0.554. The van der Waals surface area contributed by atoms with Crippen LogP contribution in [0.15, 0.2) is 18.2 Å². The zero-order valence-electron chi connectivity index (χ0n) is 18.5. The van der Waals surface area contributed by atoms with E-state index in [9.17, 15) is 14.4 Å². The van der Waals surface area contributed by atoms with E-state index in [4.69, 9.17) is 9.47 Å². The summed E-state index contributed by atoms with van der Waals surface area (Å²) in [6, 6.07) is 4.74. The van der Waals surface area contributed by atoms with Gasteiger partial charge < -0.3 is 14.8 Å². The monoisotopic (exact) mass is 448 g/mol. The third kappa shape index (κ3) is 5.17. The van der Waals surface area contributed by atoms with Gasteiger partial charge >= 0.3 is 0 Å². The van der Waals surface area contributed by atoms with Crippen molar-refractivity contribution in [2.75, 3.05) is 25.7 Å². The number of amides is 3. The molecule has 3 rings (SSSR count). The fourth-order valence-electron chi connectivity index (χ4n) is 4.51. The number of methoxy groups -OCH3 is 1. The van der Waals surface area contributed by atoms with Crippen molar-refractivity contribution in [3.8, 4) is 11.5 Å². The summed E-state index contributed by atoms with van der Waals surface area (Å²) in [7, 11) is 1.57. The number of thioether (sulfide) groups is 1. The van der Waals surface area contributed by atoms with Crippen molar-refractivity contribution in [1.29, 1.82) is 0 Å². The molecule has 170 valence electrons. The minimum atomic E-state index is -0.761. The number of benzene rings is 1. The van der Waals surface area contributed by atoms with Crippen LogP contribution >= 0.6 is 11.8 Å². The summed E-state index contributed by atoms with van der Waals surface area (Å²) in [6.45, 7) is 2.71. The van der Waals surface area contributed by atoms with Gasteiger partial charge in [0.05, 0.1) is 25.6 Å². The van der Waals surface area contributed by atoms with Crippen molar-refractivity contribution in [2.45, 2.75) is 51.6 Å². The molecule has 3 amide bonds. The first kappa shape index (κ1) is 23.4. The second kappa shape index (κ2) is 10.9. The molecular formula is C23H32N2O5S. The van der Waals surface area contributed by atoms with Crippen LogP contribution in [0.4, 0.5) is 0 Å². The van der Waals surface area contributed by atoms with Crippen molar-refractivity contribution < 1.29 is 23.9 Å². The minimum Gasteiger partial charge on any atom is -0.493 e. The number of ether oxygens (including phenoxy) is 2. The summed E-state index contributed by atoms with van der Waals surface area (Å²) in [6.07, 6.45) is 5.83. The maximum Gasteiger partial charge on any atom is 0.243 e. The molecule has 1 heterocycles. The molecule has 1 aromatic carbocycles. The predicted molar refractivity (Wildman–Crippen MR) is 120 cm³/mol. The van der Waals surface area contributed by atoms with Gasteiger partial charge in [-0.25, -0.2) is 0 Å². The van der Waals surface area contributed by atoms with Gasteiger partial charge in [-0.15, -0.1) is 0 Å². The third-order valence-electron chi connectivity index (χ3n) is 6.08. The molecule has 1 aliphatic heterocycles. The van der Waals surface area contributed by atoms with Crippen LogP contribution in [0.5, 0.6) is 11.5 Å². The van der Waals surface area contributed by atoms with Gasteiger partial charge in [0.25, 0.3) is 0 Å². The number of likely N-dealkylation sites (tertiary alicyclic amines) is 1. The van der Waals surface area contributed by atoms with Crippen LogP contribution in [0.2, 0.25) is 0 Å². The van der Waals surface area contributed by atoms with Crippen LogP contribution in [0.1, 0.15) is 44.6 Å². The van der Waals surface area contributed by atoms with Crippen molar-refractivity contribution in [2.24, 2.45) is 11.8 Å². The van der Waals surface area contributed by atoms with Crippen molar-refractivity contribution in [3.63, 3.8) is 0 Å². The smallest absolute Gasteiger partial charge is 0.243 e. The molecule has 1 saturated heterocycles. The molecule has 1 aromatic rings. The zero-order valence-corrected chi connectivity index (χ0v) is 19.3. The second-order valence-corrected chi connectivity index (χ2v) is 8.96. The van der Waals surface area contributed by atoms with E-state index >= 15 is 0 Å². The van der Waals surface area contributed by atoms with Crippen LogP contribution in [-0.2, 0) is 20.9 Å². The zero-order chi connectivity index (χ0) is 22.4. The molecular weight excluding hydrogens is 416 g/mol. The highest BCUT2D eigenvalue weighted by atomic mass is 32.2. The summed E-state index contributed by atoms with van der Waals surface area (Å²) >= 11 is 1.60. The topological polar surface area (TPSA) is 84.9 Å². The van der Waals surface area contributed by atoms with E-state index in [1.807, 2.05) is 31.4 Å². The Kier molecular flexibility index (Phi) is 8.23. The van der Waals surface area contributed by atoms with Gasteiger partial charge in [-0.1, -0.05) is 18.9 Å². The normalized spacial score (nSPS) is 21.6. The number of nitrogens with one attached hydrogen (secondary N) is 1. The highest BCUT2D eigenvalue weighted by Crippen LogP contribution is 2.39. The number of nitrogens with zero attached hydrogens (tertiary/aromatic N) is 1. The molecule has 7 nitrogen and oxygen atoms in total. The molecule has 2 fully saturated rings. The number of rotatable bonds is 10. The molecule has 0 aromatic heterocycles. The van der Waals surface area contributed by atoms with E-state index in [2.05, 4.69) is 5.32 Å². The molecule has 1 saturated carbocycles. The van der Waals surface area contributed by atoms with Crippen molar-refractivity contribution in [1.82, 2.24) is 10.2 Å². The van der Waals surface area contributed by atoms with Gasteiger partial charge in [-0.2, -0.15) is 11.8 Å². The first-order valence-electron chi connectivity index (χ1n) is 10.9. The van der Waals surface area contributed by atoms with Crippen LogP contribution in [0.25, 0.3) is 0 Å². The lowest BCUT2D eigenvalue weighted by Gasteiger charge is -2.26. The number of carbonyl (C=O) groups excluding carboxylic acids is 3.